The Morgan fingerprint density at radius 3 is 2.65 bits per heavy atom. The van der Waals surface area contributed by atoms with Gasteiger partial charge in [-0.25, -0.2) is 4.39 Å². The fourth-order valence-corrected chi connectivity index (χ4v) is 3.59. The van der Waals surface area contributed by atoms with Crippen LogP contribution in [0.2, 0.25) is 0 Å². The third-order valence-electron chi connectivity index (χ3n) is 5.19. The molecule has 0 radical (unpaired) electrons. The molecule has 140 valence electrons. The lowest BCUT2D eigenvalue weighted by Gasteiger charge is -2.22. The zero-order valence-electron chi connectivity index (χ0n) is 15.8. The third-order valence-corrected chi connectivity index (χ3v) is 5.19. The van der Waals surface area contributed by atoms with Gasteiger partial charge in [0, 0.05) is 37.4 Å². The van der Waals surface area contributed by atoms with Gasteiger partial charge in [0.25, 0.3) is 0 Å². The van der Waals surface area contributed by atoms with Gasteiger partial charge < -0.3 is 14.5 Å². The molecule has 1 atom stereocenters. The second kappa shape index (κ2) is 9.04. The van der Waals surface area contributed by atoms with Gasteiger partial charge >= 0.3 is 0 Å². The maximum atomic E-state index is 13.1. The molecule has 1 aliphatic rings. The SMILES string of the molecule is CC1CCCN1CCCOc1ccccc1CN(C)c1ccc(F)cc1. The molecule has 2 aromatic carbocycles. The van der Waals surface area contributed by atoms with Crippen molar-refractivity contribution in [2.75, 3.05) is 31.6 Å². The van der Waals surface area contributed by atoms with E-state index in [1.165, 1.54) is 31.5 Å². The number of para-hydroxylation sites is 1. The van der Waals surface area contributed by atoms with Gasteiger partial charge in [-0.2, -0.15) is 0 Å². The van der Waals surface area contributed by atoms with Crippen LogP contribution in [0.1, 0.15) is 31.7 Å². The maximum absolute atomic E-state index is 13.1. The predicted molar refractivity (Wildman–Crippen MR) is 105 cm³/mol. The van der Waals surface area contributed by atoms with E-state index in [4.69, 9.17) is 4.74 Å². The number of rotatable bonds is 8. The predicted octanol–water partition coefficient (Wildman–Crippen LogP) is 4.72. The first kappa shape index (κ1) is 18.7. The van der Waals surface area contributed by atoms with Gasteiger partial charge in [0.05, 0.1) is 6.61 Å². The largest absolute Gasteiger partial charge is 0.493 e. The second-order valence-electron chi connectivity index (χ2n) is 7.17. The van der Waals surface area contributed by atoms with Crippen LogP contribution in [-0.4, -0.2) is 37.7 Å². The Balaban J connectivity index is 1.53. The van der Waals surface area contributed by atoms with Crippen LogP contribution in [0.5, 0.6) is 5.75 Å². The van der Waals surface area contributed by atoms with Gasteiger partial charge in [-0.15, -0.1) is 0 Å². The van der Waals surface area contributed by atoms with Crippen LogP contribution in [0.4, 0.5) is 10.1 Å². The van der Waals surface area contributed by atoms with Crippen molar-refractivity contribution in [3.8, 4) is 5.75 Å². The summed E-state index contributed by atoms with van der Waals surface area (Å²) < 4.78 is 19.2. The van der Waals surface area contributed by atoms with Crippen LogP contribution < -0.4 is 9.64 Å². The summed E-state index contributed by atoms with van der Waals surface area (Å²) in [6, 6.07) is 15.5. The molecule has 3 nitrogen and oxygen atoms in total. The zero-order valence-corrected chi connectivity index (χ0v) is 15.8. The van der Waals surface area contributed by atoms with E-state index in [0.717, 1.165) is 43.1 Å². The number of nitrogens with zero attached hydrogens (tertiary/aromatic N) is 2. The molecule has 3 rings (SSSR count). The minimum atomic E-state index is -0.210. The van der Waals surface area contributed by atoms with Gasteiger partial charge in [-0.1, -0.05) is 18.2 Å². The molecule has 1 heterocycles. The van der Waals surface area contributed by atoms with Gasteiger partial charge in [0.2, 0.25) is 0 Å². The monoisotopic (exact) mass is 356 g/mol. The van der Waals surface area contributed by atoms with E-state index in [0.29, 0.717) is 6.04 Å². The first-order chi connectivity index (χ1) is 12.6. The quantitative estimate of drug-likeness (QED) is 0.637. The first-order valence-corrected chi connectivity index (χ1v) is 9.55. The highest BCUT2D eigenvalue weighted by Crippen LogP contribution is 2.23. The van der Waals surface area contributed by atoms with E-state index in [2.05, 4.69) is 22.8 Å². The molecule has 0 amide bonds. The Labute approximate surface area is 156 Å². The fraction of sp³-hybridized carbons (Fsp3) is 0.455. The van der Waals surface area contributed by atoms with E-state index in [-0.39, 0.29) is 5.82 Å². The van der Waals surface area contributed by atoms with Crippen molar-refractivity contribution in [2.45, 2.75) is 38.8 Å². The van der Waals surface area contributed by atoms with Crippen LogP contribution in [0.15, 0.2) is 48.5 Å². The Morgan fingerprint density at radius 1 is 1.15 bits per heavy atom. The summed E-state index contributed by atoms with van der Waals surface area (Å²) in [6.07, 6.45) is 3.69. The Morgan fingerprint density at radius 2 is 1.92 bits per heavy atom. The second-order valence-corrected chi connectivity index (χ2v) is 7.17. The standard InChI is InChI=1S/C22H29FN2O/c1-18-7-5-14-25(18)15-6-16-26-22-9-4-3-8-19(22)17-24(2)21-12-10-20(23)11-13-21/h3-4,8-13,18H,5-7,14-17H2,1-2H3. The Bertz CT molecular complexity index is 689. The number of hydrogen-bond donors (Lipinski definition) is 0. The molecule has 0 bridgehead atoms. The number of benzene rings is 2. The van der Waals surface area contributed by atoms with Crippen molar-refractivity contribution in [2.24, 2.45) is 0 Å². The van der Waals surface area contributed by atoms with Crippen LogP contribution in [0.25, 0.3) is 0 Å². The van der Waals surface area contributed by atoms with E-state index in [9.17, 15) is 4.39 Å². The Hall–Kier alpha value is -2.07. The van der Waals surface area contributed by atoms with Crippen molar-refractivity contribution in [1.29, 1.82) is 0 Å². The lowest BCUT2D eigenvalue weighted by molar-refractivity contribution is 0.229. The summed E-state index contributed by atoms with van der Waals surface area (Å²) in [6.45, 7) is 6.11. The average molecular weight is 356 g/mol. The van der Waals surface area contributed by atoms with Crippen molar-refractivity contribution in [3.63, 3.8) is 0 Å². The van der Waals surface area contributed by atoms with Crippen molar-refractivity contribution in [3.05, 3.63) is 59.9 Å². The highest BCUT2D eigenvalue weighted by molar-refractivity contribution is 5.47. The lowest BCUT2D eigenvalue weighted by atomic mass is 10.1. The van der Waals surface area contributed by atoms with Crippen molar-refractivity contribution < 1.29 is 9.13 Å². The molecule has 0 aliphatic carbocycles. The molecular weight excluding hydrogens is 327 g/mol. The molecular formula is C22H29FN2O. The van der Waals surface area contributed by atoms with E-state index in [1.54, 1.807) is 12.1 Å². The molecule has 1 saturated heterocycles. The first-order valence-electron chi connectivity index (χ1n) is 9.55. The van der Waals surface area contributed by atoms with E-state index < -0.39 is 0 Å². The molecule has 1 fully saturated rings. The van der Waals surface area contributed by atoms with Crippen LogP contribution in [0, 0.1) is 5.82 Å². The molecule has 4 heteroatoms. The molecule has 0 saturated carbocycles. The van der Waals surface area contributed by atoms with Gasteiger partial charge in [0.1, 0.15) is 11.6 Å². The molecule has 0 spiro atoms. The minimum absolute atomic E-state index is 0.210. The van der Waals surface area contributed by atoms with Gasteiger partial charge in [-0.05, 0) is 63.1 Å². The smallest absolute Gasteiger partial charge is 0.124 e. The summed E-state index contributed by atoms with van der Waals surface area (Å²) in [7, 11) is 2.01. The van der Waals surface area contributed by atoms with Crippen LogP contribution >= 0.6 is 0 Å². The maximum Gasteiger partial charge on any atom is 0.124 e. The zero-order chi connectivity index (χ0) is 18.4. The van der Waals surface area contributed by atoms with Crippen LogP contribution in [0.3, 0.4) is 0 Å². The van der Waals surface area contributed by atoms with Crippen LogP contribution in [-0.2, 0) is 6.54 Å². The summed E-state index contributed by atoms with van der Waals surface area (Å²) in [4.78, 5) is 4.66. The summed E-state index contributed by atoms with van der Waals surface area (Å²) in [5, 5.41) is 0. The molecule has 1 unspecified atom stereocenters. The number of hydrogen-bond acceptors (Lipinski definition) is 3. The van der Waals surface area contributed by atoms with Crippen molar-refractivity contribution >= 4 is 5.69 Å². The third kappa shape index (κ3) is 4.98. The molecule has 1 aliphatic heterocycles. The Kier molecular flexibility index (Phi) is 6.51. The summed E-state index contributed by atoms with van der Waals surface area (Å²) in [5.74, 6) is 0.731. The molecule has 2 aromatic rings. The normalized spacial score (nSPS) is 17.4. The number of halogens is 1. The fourth-order valence-electron chi connectivity index (χ4n) is 3.59. The molecule has 0 aromatic heterocycles. The highest BCUT2D eigenvalue weighted by Gasteiger charge is 2.19. The van der Waals surface area contributed by atoms with Gasteiger partial charge in [-0.3, -0.25) is 0 Å². The molecule has 26 heavy (non-hydrogen) atoms. The number of likely N-dealkylation sites (tertiary alicyclic amines) is 1. The van der Waals surface area contributed by atoms with E-state index in [1.807, 2.05) is 25.2 Å². The van der Waals surface area contributed by atoms with Crippen molar-refractivity contribution in [1.82, 2.24) is 4.90 Å². The number of anilines is 1. The highest BCUT2D eigenvalue weighted by atomic mass is 19.1. The van der Waals surface area contributed by atoms with E-state index >= 15 is 0 Å². The summed E-state index contributed by atoms with van der Waals surface area (Å²) in [5.41, 5.74) is 2.14. The lowest BCUT2D eigenvalue weighted by Crippen LogP contribution is -2.28. The molecule has 0 N–H and O–H groups in total. The topological polar surface area (TPSA) is 15.7 Å². The number of ether oxygens (including phenoxy) is 1. The minimum Gasteiger partial charge on any atom is -0.493 e. The summed E-state index contributed by atoms with van der Waals surface area (Å²) >= 11 is 0. The average Bonchev–Trinajstić information content (AvgIpc) is 3.05. The van der Waals surface area contributed by atoms with Gasteiger partial charge in [0.15, 0.2) is 0 Å².